The minimum absolute atomic E-state index is 0.00953. The molecule has 0 fully saturated rings. The average Bonchev–Trinajstić information content (AvgIpc) is 3.31. The van der Waals surface area contributed by atoms with E-state index in [1.807, 2.05) is 0 Å². The summed E-state index contributed by atoms with van der Waals surface area (Å²) in [6, 6.07) is 59.6. The number of anilines is 3. The highest BCUT2D eigenvalue weighted by molar-refractivity contribution is 6.08. The lowest BCUT2D eigenvalue weighted by Crippen LogP contribution is -2.14. The Morgan fingerprint density at radius 2 is 0.977 bits per heavy atom. The van der Waals surface area contributed by atoms with Gasteiger partial charge < -0.3 is 4.90 Å². The lowest BCUT2D eigenvalue weighted by molar-refractivity contribution is 0.660. The molecule has 0 N–H and O–H groups in total. The summed E-state index contributed by atoms with van der Waals surface area (Å²) in [4.78, 5) is 2.40. The number of para-hydroxylation sites is 1. The third-order valence-electron chi connectivity index (χ3n) is 9.27. The maximum atomic E-state index is 2.41. The van der Waals surface area contributed by atoms with Crippen molar-refractivity contribution in [2.75, 3.05) is 4.90 Å². The topological polar surface area (TPSA) is 3.24 Å². The van der Waals surface area contributed by atoms with Gasteiger partial charge in [0.15, 0.2) is 0 Å². The summed E-state index contributed by atoms with van der Waals surface area (Å²) < 4.78 is 0. The van der Waals surface area contributed by atoms with Crippen molar-refractivity contribution < 1.29 is 0 Å². The summed E-state index contributed by atoms with van der Waals surface area (Å²) in [5.41, 5.74) is 13.8. The number of hydrogen-bond acceptors (Lipinski definition) is 1. The summed E-state index contributed by atoms with van der Waals surface area (Å²) in [5.74, 6) is 0. The highest BCUT2D eigenvalue weighted by Crippen LogP contribution is 2.50. The van der Waals surface area contributed by atoms with E-state index < -0.39 is 0 Å². The maximum absolute atomic E-state index is 2.41. The van der Waals surface area contributed by atoms with E-state index in [1.54, 1.807) is 0 Å². The Kier molecular flexibility index (Phi) is 6.20. The number of hydrogen-bond donors (Lipinski definition) is 0. The van der Waals surface area contributed by atoms with Crippen LogP contribution in [0.1, 0.15) is 25.0 Å². The predicted octanol–water partition coefficient (Wildman–Crippen LogP) is 11.9. The molecular weight excluding hydrogens is 530 g/mol. The van der Waals surface area contributed by atoms with Crippen LogP contribution in [0.5, 0.6) is 0 Å². The van der Waals surface area contributed by atoms with Gasteiger partial charge in [-0.25, -0.2) is 0 Å². The molecule has 1 aliphatic rings. The number of benzene rings is 7. The fourth-order valence-corrected chi connectivity index (χ4v) is 7.07. The molecule has 0 atom stereocenters. The standard InChI is InChI=1S/C43H33N/c1-43(2)39-21-10-9-19-37(39)38-29-33(25-28-40(38)43)36-20-11-15-32-16-12-22-41(42(32)36)44(34-17-7-4-8-18-34)35-26-23-31(24-27-35)30-13-5-3-6-14-30/h3-29H,1-2H3. The first-order valence-corrected chi connectivity index (χ1v) is 15.4. The molecule has 0 bridgehead atoms. The van der Waals surface area contributed by atoms with Crippen molar-refractivity contribution in [1.29, 1.82) is 0 Å². The van der Waals surface area contributed by atoms with E-state index in [9.17, 15) is 0 Å². The van der Waals surface area contributed by atoms with Crippen molar-refractivity contribution in [2.24, 2.45) is 0 Å². The third-order valence-corrected chi connectivity index (χ3v) is 9.27. The van der Waals surface area contributed by atoms with Crippen LogP contribution in [0.15, 0.2) is 164 Å². The van der Waals surface area contributed by atoms with Gasteiger partial charge in [0.1, 0.15) is 0 Å². The molecule has 0 aliphatic heterocycles. The van der Waals surface area contributed by atoms with Crippen LogP contribution in [0, 0.1) is 0 Å². The Morgan fingerprint density at radius 3 is 1.75 bits per heavy atom. The Hall–Kier alpha value is -5.40. The number of nitrogens with zero attached hydrogens (tertiary/aromatic N) is 1. The molecule has 7 aromatic rings. The fourth-order valence-electron chi connectivity index (χ4n) is 7.07. The SMILES string of the molecule is CC1(C)c2ccccc2-c2cc(-c3cccc4cccc(N(c5ccccc5)c5ccc(-c6ccccc6)cc5)c34)ccc21. The summed E-state index contributed by atoms with van der Waals surface area (Å²) in [6.45, 7) is 4.68. The first-order valence-electron chi connectivity index (χ1n) is 15.4. The third kappa shape index (κ3) is 4.24. The van der Waals surface area contributed by atoms with E-state index >= 15 is 0 Å². The number of rotatable bonds is 5. The molecule has 0 heterocycles. The van der Waals surface area contributed by atoms with Crippen molar-refractivity contribution in [2.45, 2.75) is 19.3 Å². The summed E-state index contributed by atoms with van der Waals surface area (Å²) in [5, 5.41) is 2.47. The van der Waals surface area contributed by atoms with E-state index in [1.165, 1.54) is 55.3 Å². The van der Waals surface area contributed by atoms with Crippen LogP contribution in [-0.4, -0.2) is 0 Å². The van der Waals surface area contributed by atoms with Gasteiger partial charge in [-0.15, -0.1) is 0 Å². The minimum atomic E-state index is -0.00953. The Morgan fingerprint density at radius 1 is 0.409 bits per heavy atom. The highest BCUT2D eigenvalue weighted by Gasteiger charge is 2.35. The molecule has 8 rings (SSSR count). The van der Waals surface area contributed by atoms with Gasteiger partial charge in [0.25, 0.3) is 0 Å². The zero-order valence-electron chi connectivity index (χ0n) is 25.0. The minimum Gasteiger partial charge on any atom is -0.310 e. The largest absolute Gasteiger partial charge is 0.310 e. The second kappa shape index (κ2) is 10.4. The first kappa shape index (κ1) is 26.2. The van der Waals surface area contributed by atoms with E-state index in [0.717, 1.165) is 17.1 Å². The van der Waals surface area contributed by atoms with Crippen LogP contribution < -0.4 is 4.90 Å². The van der Waals surface area contributed by atoms with Gasteiger partial charge in [-0.2, -0.15) is 0 Å². The van der Waals surface area contributed by atoms with Crippen molar-refractivity contribution in [3.63, 3.8) is 0 Å². The zero-order valence-corrected chi connectivity index (χ0v) is 25.0. The summed E-state index contributed by atoms with van der Waals surface area (Å²) in [7, 11) is 0. The Balaban J connectivity index is 1.32. The van der Waals surface area contributed by atoms with Gasteiger partial charge in [-0.1, -0.05) is 141 Å². The van der Waals surface area contributed by atoms with Gasteiger partial charge in [-0.3, -0.25) is 0 Å². The second-order valence-electron chi connectivity index (χ2n) is 12.2. The molecule has 44 heavy (non-hydrogen) atoms. The van der Waals surface area contributed by atoms with Crippen molar-refractivity contribution in [3.05, 3.63) is 175 Å². The normalized spacial score (nSPS) is 13.0. The van der Waals surface area contributed by atoms with Gasteiger partial charge in [0, 0.05) is 22.2 Å². The van der Waals surface area contributed by atoms with E-state index in [2.05, 4.69) is 183 Å². The zero-order chi connectivity index (χ0) is 29.7. The molecule has 1 nitrogen and oxygen atoms in total. The van der Waals surface area contributed by atoms with Gasteiger partial charge >= 0.3 is 0 Å². The predicted molar refractivity (Wildman–Crippen MR) is 187 cm³/mol. The monoisotopic (exact) mass is 563 g/mol. The molecule has 0 amide bonds. The first-order chi connectivity index (χ1) is 21.6. The molecule has 0 radical (unpaired) electrons. The van der Waals surface area contributed by atoms with Crippen LogP contribution in [0.3, 0.4) is 0 Å². The summed E-state index contributed by atoms with van der Waals surface area (Å²) >= 11 is 0. The Bertz CT molecular complexity index is 2120. The Labute approximate surface area is 259 Å². The van der Waals surface area contributed by atoms with Crippen LogP contribution in [0.4, 0.5) is 17.1 Å². The molecule has 1 aliphatic carbocycles. The fraction of sp³-hybridized carbons (Fsp3) is 0.0698. The molecular formula is C43H33N. The molecule has 1 heteroatoms. The van der Waals surface area contributed by atoms with E-state index in [0.29, 0.717) is 0 Å². The quantitative estimate of drug-likeness (QED) is 0.201. The van der Waals surface area contributed by atoms with Crippen LogP contribution in [0.2, 0.25) is 0 Å². The maximum Gasteiger partial charge on any atom is 0.0546 e. The molecule has 0 spiro atoms. The van der Waals surface area contributed by atoms with Crippen LogP contribution >= 0.6 is 0 Å². The van der Waals surface area contributed by atoms with Crippen LogP contribution in [-0.2, 0) is 5.41 Å². The van der Waals surface area contributed by atoms with Gasteiger partial charge in [0.2, 0.25) is 0 Å². The molecule has 0 saturated carbocycles. The summed E-state index contributed by atoms with van der Waals surface area (Å²) in [6.07, 6.45) is 0. The number of fused-ring (bicyclic) bond motifs is 4. The van der Waals surface area contributed by atoms with Crippen molar-refractivity contribution >= 4 is 27.8 Å². The molecule has 0 saturated heterocycles. The second-order valence-corrected chi connectivity index (χ2v) is 12.2. The van der Waals surface area contributed by atoms with Crippen LogP contribution in [0.25, 0.3) is 44.2 Å². The van der Waals surface area contributed by atoms with Gasteiger partial charge in [-0.05, 0) is 86.3 Å². The molecule has 0 unspecified atom stereocenters. The van der Waals surface area contributed by atoms with Crippen molar-refractivity contribution in [3.8, 4) is 33.4 Å². The van der Waals surface area contributed by atoms with Crippen molar-refractivity contribution in [1.82, 2.24) is 0 Å². The smallest absolute Gasteiger partial charge is 0.0546 e. The van der Waals surface area contributed by atoms with E-state index in [-0.39, 0.29) is 5.41 Å². The molecule has 210 valence electrons. The average molecular weight is 564 g/mol. The lowest BCUT2D eigenvalue weighted by atomic mass is 9.82. The molecule has 0 aromatic heterocycles. The lowest BCUT2D eigenvalue weighted by Gasteiger charge is -2.28. The van der Waals surface area contributed by atoms with E-state index in [4.69, 9.17) is 0 Å². The van der Waals surface area contributed by atoms with Gasteiger partial charge in [0.05, 0.1) is 5.69 Å². The highest BCUT2D eigenvalue weighted by atomic mass is 15.1. The molecule has 7 aromatic carbocycles.